The number of likely N-dealkylation sites (tertiary alicyclic amines) is 1. The number of piperazine rings is 1. The molecule has 0 atom stereocenters. The van der Waals surface area contributed by atoms with E-state index in [1.807, 2.05) is 34.6 Å². The van der Waals surface area contributed by atoms with Gasteiger partial charge in [0.2, 0.25) is 15.9 Å². The maximum Gasteiger partial charge on any atom is 0.409 e. The minimum Gasteiger partial charge on any atom is -0.450 e. The molecule has 2 fully saturated rings. The van der Waals surface area contributed by atoms with Crippen molar-refractivity contribution in [1.29, 1.82) is 0 Å². The molecule has 184 valence electrons. The Balaban J connectivity index is 1.65. The summed E-state index contributed by atoms with van der Waals surface area (Å²) < 4.78 is 33.7. The van der Waals surface area contributed by atoms with Crippen LogP contribution >= 0.6 is 0 Å². The lowest BCUT2D eigenvalue weighted by Crippen LogP contribution is -2.53. The summed E-state index contributed by atoms with van der Waals surface area (Å²) in [7, 11) is -3.64. The fraction of sp³-hybridized carbons (Fsp3) is 0.667. The van der Waals surface area contributed by atoms with Crippen molar-refractivity contribution in [2.75, 3.05) is 45.9 Å². The molecule has 2 aliphatic rings. The molecule has 0 aliphatic carbocycles. The Hall–Kier alpha value is -2.13. The average Bonchev–Trinajstić information content (AvgIpc) is 2.81. The number of rotatable bonds is 4. The number of carbonyl (C=O) groups is 2. The largest absolute Gasteiger partial charge is 0.450 e. The summed E-state index contributed by atoms with van der Waals surface area (Å²) in [6, 6.07) is 0. The van der Waals surface area contributed by atoms with Crippen LogP contribution in [-0.4, -0.2) is 80.4 Å². The van der Waals surface area contributed by atoms with Gasteiger partial charge in [0.15, 0.2) is 0 Å². The second-order valence-electron chi connectivity index (χ2n) is 9.14. The molecule has 2 saturated heterocycles. The number of benzene rings is 1. The molecule has 1 aromatic carbocycles. The second kappa shape index (κ2) is 10.0. The van der Waals surface area contributed by atoms with Crippen LogP contribution in [0.4, 0.5) is 4.79 Å². The number of carbonyl (C=O) groups excluding carboxylic acids is 2. The van der Waals surface area contributed by atoms with Gasteiger partial charge in [-0.05, 0) is 82.2 Å². The first-order valence-corrected chi connectivity index (χ1v) is 13.2. The van der Waals surface area contributed by atoms with Crippen molar-refractivity contribution in [1.82, 2.24) is 14.1 Å². The van der Waals surface area contributed by atoms with Crippen LogP contribution in [0.1, 0.15) is 47.6 Å². The van der Waals surface area contributed by atoms with Crippen molar-refractivity contribution in [3.05, 3.63) is 27.8 Å². The molecule has 33 heavy (non-hydrogen) atoms. The zero-order valence-corrected chi connectivity index (χ0v) is 21.5. The molecule has 0 unspecified atom stereocenters. The Morgan fingerprint density at radius 2 is 1.27 bits per heavy atom. The highest BCUT2D eigenvalue weighted by molar-refractivity contribution is 7.89. The highest BCUT2D eigenvalue weighted by Gasteiger charge is 2.36. The minimum absolute atomic E-state index is 0.0601. The van der Waals surface area contributed by atoms with Crippen LogP contribution in [0.15, 0.2) is 4.90 Å². The number of sulfonamides is 1. The molecule has 8 nitrogen and oxygen atoms in total. The third-order valence-electron chi connectivity index (χ3n) is 7.45. The molecule has 2 amide bonds. The van der Waals surface area contributed by atoms with E-state index in [2.05, 4.69) is 0 Å². The quantitative estimate of drug-likeness (QED) is 0.663. The minimum atomic E-state index is -3.64. The van der Waals surface area contributed by atoms with Gasteiger partial charge in [-0.25, -0.2) is 13.2 Å². The Morgan fingerprint density at radius 1 is 0.788 bits per heavy atom. The first-order valence-electron chi connectivity index (χ1n) is 11.8. The van der Waals surface area contributed by atoms with Crippen molar-refractivity contribution in [2.45, 2.75) is 59.3 Å². The molecule has 0 N–H and O–H groups in total. The summed E-state index contributed by atoms with van der Waals surface area (Å²) in [5, 5.41) is 0. The van der Waals surface area contributed by atoms with Gasteiger partial charge >= 0.3 is 6.09 Å². The predicted octanol–water partition coefficient (Wildman–Crippen LogP) is 2.93. The fourth-order valence-corrected chi connectivity index (χ4v) is 6.89. The Labute approximate surface area is 197 Å². The van der Waals surface area contributed by atoms with Gasteiger partial charge in [-0.1, -0.05) is 0 Å². The van der Waals surface area contributed by atoms with Crippen molar-refractivity contribution in [3.63, 3.8) is 0 Å². The van der Waals surface area contributed by atoms with Crippen LogP contribution in [0.2, 0.25) is 0 Å². The van der Waals surface area contributed by atoms with Crippen LogP contribution in [0.3, 0.4) is 0 Å². The third kappa shape index (κ3) is 4.89. The molecule has 2 aliphatic heterocycles. The number of nitrogens with zero attached hydrogens (tertiary/aromatic N) is 3. The van der Waals surface area contributed by atoms with E-state index in [9.17, 15) is 18.0 Å². The number of hydrogen-bond donors (Lipinski definition) is 0. The van der Waals surface area contributed by atoms with Gasteiger partial charge in [0, 0.05) is 45.2 Å². The van der Waals surface area contributed by atoms with Gasteiger partial charge in [0.05, 0.1) is 11.5 Å². The van der Waals surface area contributed by atoms with E-state index in [0.29, 0.717) is 63.6 Å². The van der Waals surface area contributed by atoms with E-state index in [4.69, 9.17) is 4.74 Å². The van der Waals surface area contributed by atoms with Crippen LogP contribution in [0.25, 0.3) is 0 Å². The third-order valence-corrected chi connectivity index (χ3v) is 9.62. The molecule has 1 aromatic rings. The normalized spacial score (nSPS) is 18.5. The second-order valence-corrected chi connectivity index (χ2v) is 11.0. The van der Waals surface area contributed by atoms with E-state index in [1.165, 1.54) is 4.31 Å². The standard InChI is InChI=1S/C24H37N3O5S/c1-7-32-24(29)26-10-8-21(9-11-26)23(28)25-12-14-27(15-13-25)33(30,31)22-19(5)17(3)16(2)18(4)20(22)6/h21H,7-15H2,1-6H3. The lowest BCUT2D eigenvalue weighted by Gasteiger charge is -2.38. The summed E-state index contributed by atoms with van der Waals surface area (Å²) in [5.74, 6) is -0.0735. The van der Waals surface area contributed by atoms with Crippen molar-refractivity contribution < 1.29 is 22.7 Å². The molecule has 0 spiro atoms. The Morgan fingerprint density at radius 3 is 1.76 bits per heavy atom. The number of ether oxygens (including phenoxy) is 1. The van der Waals surface area contributed by atoms with Crippen LogP contribution in [0.5, 0.6) is 0 Å². The van der Waals surface area contributed by atoms with E-state index in [0.717, 1.165) is 27.8 Å². The zero-order chi connectivity index (χ0) is 24.5. The van der Waals surface area contributed by atoms with Crippen molar-refractivity contribution in [3.8, 4) is 0 Å². The lowest BCUT2D eigenvalue weighted by atomic mass is 9.95. The number of hydrogen-bond acceptors (Lipinski definition) is 5. The summed E-state index contributed by atoms with van der Waals surface area (Å²) in [6.45, 7) is 14.2. The van der Waals surface area contributed by atoms with E-state index < -0.39 is 10.0 Å². The fourth-order valence-electron chi connectivity index (χ4n) is 4.91. The van der Waals surface area contributed by atoms with Crippen LogP contribution in [-0.2, 0) is 19.6 Å². The molecule has 0 radical (unpaired) electrons. The van der Waals surface area contributed by atoms with Crippen LogP contribution in [0, 0.1) is 40.5 Å². The first kappa shape index (κ1) is 25.5. The molecule has 2 heterocycles. The zero-order valence-electron chi connectivity index (χ0n) is 20.7. The SMILES string of the molecule is CCOC(=O)N1CCC(C(=O)N2CCN(S(=O)(=O)c3c(C)c(C)c(C)c(C)c3C)CC2)CC1. The monoisotopic (exact) mass is 479 g/mol. The van der Waals surface area contributed by atoms with E-state index in [1.54, 1.807) is 16.7 Å². The van der Waals surface area contributed by atoms with E-state index in [-0.39, 0.29) is 17.9 Å². The maximum absolute atomic E-state index is 13.5. The molecular weight excluding hydrogens is 442 g/mol. The van der Waals surface area contributed by atoms with Gasteiger partial charge in [-0.2, -0.15) is 4.31 Å². The molecule has 0 bridgehead atoms. The average molecular weight is 480 g/mol. The number of amides is 2. The molecule has 0 saturated carbocycles. The summed E-state index contributed by atoms with van der Waals surface area (Å²) >= 11 is 0. The molecule has 3 rings (SSSR count). The summed E-state index contributed by atoms with van der Waals surface area (Å²) in [4.78, 5) is 28.8. The van der Waals surface area contributed by atoms with Gasteiger partial charge in [0.1, 0.15) is 0 Å². The molecule has 9 heteroatoms. The van der Waals surface area contributed by atoms with Gasteiger partial charge in [-0.3, -0.25) is 4.79 Å². The highest BCUT2D eigenvalue weighted by Crippen LogP contribution is 2.32. The van der Waals surface area contributed by atoms with Gasteiger partial charge < -0.3 is 14.5 Å². The highest BCUT2D eigenvalue weighted by atomic mass is 32.2. The molecule has 0 aromatic heterocycles. The number of piperidine rings is 1. The lowest BCUT2D eigenvalue weighted by molar-refractivity contribution is -0.138. The Bertz CT molecular complexity index is 992. The molecular formula is C24H37N3O5S. The topological polar surface area (TPSA) is 87.2 Å². The van der Waals surface area contributed by atoms with Crippen molar-refractivity contribution >= 4 is 22.0 Å². The van der Waals surface area contributed by atoms with Gasteiger partial charge in [-0.15, -0.1) is 0 Å². The van der Waals surface area contributed by atoms with E-state index >= 15 is 0 Å². The summed E-state index contributed by atoms with van der Waals surface area (Å²) in [5.41, 5.74) is 4.78. The first-order chi connectivity index (χ1) is 15.5. The predicted molar refractivity (Wildman–Crippen MR) is 127 cm³/mol. The summed E-state index contributed by atoms with van der Waals surface area (Å²) in [6.07, 6.45) is 0.891. The van der Waals surface area contributed by atoms with Gasteiger partial charge in [0.25, 0.3) is 0 Å². The van der Waals surface area contributed by atoms with Crippen molar-refractivity contribution in [2.24, 2.45) is 5.92 Å². The Kier molecular flexibility index (Phi) is 7.73. The maximum atomic E-state index is 13.5. The smallest absolute Gasteiger partial charge is 0.409 e. The van der Waals surface area contributed by atoms with Crippen LogP contribution < -0.4 is 0 Å².